The Morgan fingerprint density at radius 3 is 2.45 bits per heavy atom. The monoisotopic (exact) mass is 598 g/mol. The van der Waals surface area contributed by atoms with Crippen LogP contribution in [0.2, 0.25) is 0 Å². The number of carbonyl (C=O) groups is 1. The van der Waals surface area contributed by atoms with E-state index >= 15 is 0 Å². The number of aromatic nitrogens is 2. The Hall–Kier alpha value is -1.39. The average molecular weight is 599 g/mol. The van der Waals surface area contributed by atoms with E-state index < -0.39 is 12.0 Å². The van der Waals surface area contributed by atoms with Gasteiger partial charge in [-0.15, -0.1) is 6.04 Å². The molecule has 42 heavy (non-hydrogen) atoms. The van der Waals surface area contributed by atoms with Gasteiger partial charge >= 0.3 is 51.4 Å². The molecule has 1 aromatic heterocycles. The number of aryl methyl sites for hydroxylation is 1. The Morgan fingerprint density at radius 2 is 1.81 bits per heavy atom. The molecule has 3 aromatic rings. The van der Waals surface area contributed by atoms with Crippen molar-refractivity contribution in [2.45, 2.75) is 83.3 Å². The van der Waals surface area contributed by atoms with Gasteiger partial charge in [-0.1, -0.05) is 75.1 Å². The van der Waals surface area contributed by atoms with Crippen LogP contribution in [0, 0.1) is 17.7 Å². The molecule has 6 nitrogen and oxygen atoms in total. The molecule has 0 spiro atoms. The van der Waals surface area contributed by atoms with Crippen molar-refractivity contribution in [1.82, 2.24) is 14.7 Å². The van der Waals surface area contributed by atoms with E-state index in [1.54, 1.807) is 12.1 Å². The Bertz CT molecular complexity index is 1290. The Kier molecular flexibility index (Phi) is 12.4. The van der Waals surface area contributed by atoms with Crippen molar-refractivity contribution in [2.75, 3.05) is 19.6 Å². The number of piperidine rings is 1. The average Bonchev–Trinajstić information content (AvgIpc) is 3.56. The minimum Gasteiger partial charge on any atom is -0.647 e. The third-order valence-corrected chi connectivity index (χ3v) is 9.09. The van der Waals surface area contributed by atoms with E-state index in [0.29, 0.717) is 11.8 Å². The standard InChI is InChI=1S/C34H44FN4O2.K/c1-4-39-32(21-30(37-39)17-24-9-6-5-7-10-24)25-13-15-38(16-14-25)22-27-19-29(36-33(23(2)3)34(40)41)20-31(27)26-11-8-12-28(35)18-26;/h5-12,18,21,23,25,27,29,31,33H,4,13-17,19-20,22H2,1-3H3,(H,40,41);/q-1;+1. The molecule has 8 heteroatoms. The summed E-state index contributed by atoms with van der Waals surface area (Å²) in [5.41, 5.74) is 4.78. The van der Waals surface area contributed by atoms with E-state index in [2.05, 4.69) is 46.8 Å². The van der Waals surface area contributed by atoms with Crippen molar-refractivity contribution in [1.29, 1.82) is 0 Å². The van der Waals surface area contributed by atoms with Crippen LogP contribution in [0.1, 0.15) is 80.8 Å². The van der Waals surface area contributed by atoms with Gasteiger partial charge in [0.2, 0.25) is 0 Å². The first-order valence-electron chi connectivity index (χ1n) is 15.3. The summed E-state index contributed by atoms with van der Waals surface area (Å²) in [4.78, 5) is 14.4. The van der Waals surface area contributed by atoms with Crippen LogP contribution in [-0.2, 0) is 17.8 Å². The number of halogens is 1. The molecule has 0 bridgehead atoms. The number of carboxylic acids is 1. The summed E-state index contributed by atoms with van der Waals surface area (Å²) in [5, 5.41) is 19.5. The van der Waals surface area contributed by atoms with E-state index in [-0.39, 0.29) is 75.1 Å². The summed E-state index contributed by atoms with van der Waals surface area (Å²) >= 11 is 0. The van der Waals surface area contributed by atoms with Crippen LogP contribution in [0.3, 0.4) is 0 Å². The second kappa shape index (κ2) is 15.6. The molecular weight excluding hydrogens is 554 g/mol. The molecule has 220 valence electrons. The normalized spacial score (nSPS) is 22.3. The molecule has 4 atom stereocenters. The maximum Gasteiger partial charge on any atom is 1.00 e. The van der Waals surface area contributed by atoms with Gasteiger partial charge < -0.3 is 15.3 Å². The summed E-state index contributed by atoms with van der Waals surface area (Å²) in [6.45, 7) is 9.85. The Balaban J connectivity index is 0.00000405. The van der Waals surface area contributed by atoms with E-state index in [9.17, 15) is 14.3 Å². The van der Waals surface area contributed by atoms with Gasteiger partial charge in [-0.25, -0.2) is 4.39 Å². The van der Waals surface area contributed by atoms with Crippen molar-refractivity contribution in [2.24, 2.45) is 11.8 Å². The van der Waals surface area contributed by atoms with Crippen molar-refractivity contribution < 1.29 is 65.7 Å². The fourth-order valence-corrected chi connectivity index (χ4v) is 7.02. The van der Waals surface area contributed by atoms with Gasteiger partial charge in [0.25, 0.3) is 5.97 Å². The van der Waals surface area contributed by atoms with Gasteiger partial charge in [0.05, 0.1) is 5.69 Å². The first kappa shape index (κ1) is 33.5. The van der Waals surface area contributed by atoms with Crippen molar-refractivity contribution in [3.8, 4) is 0 Å². The molecule has 4 unspecified atom stereocenters. The maximum atomic E-state index is 14.2. The van der Waals surface area contributed by atoms with E-state index in [4.69, 9.17) is 10.4 Å². The van der Waals surface area contributed by atoms with Gasteiger partial charge in [-0.05, 0) is 80.1 Å². The number of nitrogens with zero attached hydrogens (tertiary/aromatic N) is 4. The fourth-order valence-electron chi connectivity index (χ4n) is 7.02. The summed E-state index contributed by atoms with van der Waals surface area (Å²) in [6, 6.07) is 19.1. The number of aliphatic carboxylic acids is 1. The first-order valence-corrected chi connectivity index (χ1v) is 15.3. The van der Waals surface area contributed by atoms with Crippen molar-refractivity contribution in [3.63, 3.8) is 0 Å². The largest absolute Gasteiger partial charge is 1.00 e. The summed E-state index contributed by atoms with van der Waals surface area (Å²) in [6.07, 6.45) is 4.67. The van der Waals surface area contributed by atoms with E-state index in [1.165, 1.54) is 17.3 Å². The van der Waals surface area contributed by atoms with Gasteiger partial charge in [-0.2, -0.15) is 5.10 Å². The second-order valence-electron chi connectivity index (χ2n) is 12.3. The number of carboxylic acid groups (broad SMARTS) is 1. The van der Waals surface area contributed by atoms with Crippen LogP contribution in [0.4, 0.5) is 4.39 Å². The molecule has 2 aliphatic rings. The molecule has 5 rings (SSSR count). The van der Waals surface area contributed by atoms with Gasteiger partial charge in [0, 0.05) is 31.1 Å². The molecule has 1 aliphatic heterocycles. The maximum absolute atomic E-state index is 14.2. The van der Waals surface area contributed by atoms with E-state index in [1.807, 2.05) is 26.0 Å². The third kappa shape index (κ3) is 8.40. The van der Waals surface area contributed by atoms with Crippen LogP contribution < -0.4 is 51.4 Å². The minimum absolute atomic E-state index is 0. The molecule has 2 fully saturated rings. The van der Waals surface area contributed by atoms with Crippen molar-refractivity contribution >= 4 is 5.97 Å². The number of rotatable bonds is 11. The molecule has 1 N–H and O–H groups in total. The summed E-state index contributed by atoms with van der Waals surface area (Å²) < 4.78 is 16.4. The molecule has 1 aliphatic carbocycles. The zero-order valence-electron chi connectivity index (χ0n) is 25.6. The topological polar surface area (TPSA) is 72.5 Å². The smallest absolute Gasteiger partial charge is 0.647 e. The fraction of sp³-hybridized carbons (Fsp3) is 0.529. The van der Waals surface area contributed by atoms with Crippen LogP contribution >= 0.6 is 0 Å². The zero-order valence-corrected chi connectivity index (χ0v) is 28.7. The number of hydrogen-bond donors (Lipinski definition) is 1. The summed E-state index contributed by atoms with van der Waals surface area (Å²) in [7, 11) is 0. The molecule has 1 saturated carbocycles. The first-order chi connectivity index (χ1) is 19.8. The number of benzene rings is 2. The van der Waals surface area contributed by atoms with Gasteiger partial charge in [-0.3, -0.25) is 9.48 Å². The Labute approximate surface area is 292 Å². The number of likely N-dealkylation sites (tertiary alicyclic amines) is 1. The Morgan fingerprint density at radius 1 is 1.07 bits per heavy atom. The van der Waals surface area contributed by atoms with E-state index in [0.717, 1.165) is 69.5 Å². The molecule has 2 aromatic carbocycles. The SMILES string of the molecule is CCn1nc(Cc2ccccc2)cc1C1CCN(CC2CC([N-]C(C(=O)O)C(C)C)CC2c2cccc(F)c2)CC1.[K+]. The van der Waals surface area contributed by atoms with Crippen molar-refractivity contribution in [3.05, 3.63) is 94.3 Å². The molecule has 0 radical (unpaired) electrons. The minimum atomic E-state index is -0.855. The van der Waals surface area contributed by atoms with Crippen LogP contribution in [-0.4, -0.2) is 57.5 Å². The van der Waals surface area contributed by atoms with Gasteiger partial charge in [0.15, 0.2) is 0 Å². The second-order valence-corrected chi connectivity index (χ2v) is 12.3. The third-order valence-electron chi connectivity index (χ3n) is 9.09. The molecular formula is C34H44FKN4O2. The van der Waals surface area contributed by atoms with Crippen LogP contribution in [0.5, 0.6) is 0 Å². The van der Waals surface area contributed by atoms with Crippen LogP contribution in [0.15, 0.2) is 60.7 Å². The predicted molar refractivity (Wildman–Crippen MR) is 161 cm³/mol. The molecule has 0 amide bonds. The number of hydrogen-bond acceptors (Lipinski definition) is 3. The zero-order chi connectivity index (χ0) is 28.9. The summed E-state index contributed by atoms with van der Waals surface area (Å²) in [5.74, 6) is -0.125. The predicted octanol–water partition coefficient (Wildman–Crippen LogP) is 3.86. The quantitative estimate of drug-likeness (QED) is 0.341. The van der Waals surface area contributed by atoms with Crippen LogP contribution in [0.25, 0.3) is 5.32 Å². The van der Waals surface area contributed by atoms with Gasteiger partial charge in [0.1, 0.15) is 5.82 Å². The molecule has 2 heterocycles. The molecule has 1 saturated heterocycles.